The highest BCUT2D eigenvalue weighted by Gasteiger charge is 2.14. The molecule has 2 N–H and O–H groups in total. The van der Waals surface area contributed by atoms with Crippen LogP contribution >= 0.6 is 11.6 Å². The molecule has 3 nitrogen and oxygen atoms in total. The Morgan fingerprint density at radius 3 is 2.38 bits per heavy atom. The fourth-order valence-electron chi connectivity index (χ4n) is 2.34. The molecule has 0 aliphatic carbocycles. The third kappa shape index (κ3) is 5.01. The normalized spacial score (nSPS) is 13.4. The van der Waals surface area contributed by atoms with Gasteiger partial charge in [0.25, 0.3) is 0 Å². The third-order valence-corrected chi connectivity index (χ3v) is 4.00. The number of carbonyl (C=O) groups excluding carboxylic acids is 1. The molecule has 2 aromatic rings. The van der Waals surface area contributed by atoms with E-state index >= 15 is 0 Å². The number of carbonyl (C=O) groups is 1. The maximum absolute atomic E-state index is 13.7. The van der Waals surface area contributed by atoms with Gasteiger partial charge in [-0.1, -0.05) is 29.8 Å². The minimum atomic E-state index is -0.634. The van der Waals surface area contributed by atoms with Gasteiger partial charge in [-0.05, 0) is 37.6 Å². The molecule has 0 aliphatic heterocycles. The molecule has 0 aliphatic rings. The average Bonchev–Trinajstić information content (AvgIpc) is 2.53. The van der Waals surface area contributed by atoms with Crippen molar-refractivity contribution in [1.29, 1.82) is 0 Å². The van der Waals surface area contributed by atoms with Crippen molar-refractivity contribution in [2.75, 3.05) is 6.54 Å². The molecule has 0 radical (unpaired) electrons. The van der Waals surface area contributed by atoms with Gasteiger partial charge in [-0.15, -0.1) is 0 Å². The lowest BCUT2D eigenvalue weighted by Crippen LogP contribution is -2.36. The summed E-state index contributed by atoms with van der Waals surface area (Å²) in [7, 11) is 0. The van der Waals surface area contributed by atoms with Crippen molar-refractivity contribution in [3.05, 3.63) is 70.2 Å². The summed E-state index contributed by atoms with van der Waals surface area (Å²) in [6, 6.07) is 10.0. The Morgan fingerprint density at radius 2 is 1.75 bits per heavy atom. The number of hydrogen-bond donors (Lipinski definition) is 2. The van der Waals surface area contributed by atoms with E-state index < -0.39 is 17.7 Å². The second-order valence-electron chi connectivity index (χ2n) is 5.61. The fraction of sp³-hybridized carbons (Fsp3) is 0.278. The second-order valence-corrected chi connectivity index (χ2v) is 6.05. The summed E-state index contributed by atoms with van der Waals surface area (Å²) in [4.78, 5) is 12.0. The van der Waals surface area contributed by atoms with E-state index in [0.29, 0.717) is 10.6 Å². The minimum Gasteiger partial charge on any atom is -0.348 e. The van der Waals surface area contributed by atoms with Crippen LogP contribution in [-0.2, 0) is 4.79 Å². The quantitative estimate of drug-likeness (QED) is 0.820. The summed E-state index contributed by atoms with van der Waals surface area (Å²) < 4.78 is 26.6. The van der Waals surface area contributed by atoms with E-state index in [4.69, 9.17) is 11.6 Å². The van der Waals surface area contributed by atoms with Crippen molar-refractivity contribution in [3.8, 4) is 0 Å². The van der Waals surface area contributed by atoms with Crippen molar-refractivity contribution in [1.82, 2.24) is 10.6 Å². The van der Waals surface area contributed by atoms with Gasteiger partial charge in [-0.3, -0.25) is 4.79 Å². The lowest BCUT2D eigenvalue weighted by atomic mass is 10.1. The summed E-state index contributed by atoms with van der Waals surface area (Å²) >= 11 is 5.84. The van der Waals surface area contributed by atoms with Crippen LogP contribution in [0, 0.1) is 11.6 Å². The van der Waals surface area contributed by atoms with Crippen LogP contribution in [-0.4, -0.2) is 12.5 Å². The molecule has 0 aromatic heterocycles. The molecule has 0 spiro atoms. The fourth-order valence-corrected chi connectivity index (χ4v) is 2.46. The highest BCUT2D eigenvalue weighted by molar-refractivity contribution is 6.30. The van der Waals surface area contributed by atoms with Gasteiger partial charge in [0.1, 0.15) is 11.6 Å². The van der Waals surface area contributed by atoms with E-state index in [9.17, 15) is 13.6 Å². The molecule has 0 bridgehead atoms. The zero-order chi connectivity index (χ0) is 17.7. The van der Waals surface area contributed by atoms with Gasteiger partial charge < -0.3 is 10.6 Å². The molecule has 0 saturated carbocycles. The summed E-state index contributed by atoms with van der Waals surface area (Å²) in [5.41, 5.74) is 1.25. The van der Waals surface area contributed by atoms with Crippen LogP contribution in [0.1, 0.15) is 37.1 Å². The van der Waals surface area contributed by atoms with Crippen LogP contribution in [0.3, 0.4) is 0 Å². The minimum absolute atomic E-state index is 0.0237. The van der Waals surface area contributed by atoms with Gasteiger partial charge in [0.05, 0.1) is 12.6 Å². The Balaban J connectivity index is 1.87. The van der Waals surface area contributed by atoms with E-state index in [2.05, 4.69) is 10.6 Å². The zero-order valence-electron chi connectivity index (χ0n) is 13.4. The Hall–Kier alpha value is -1.98. The molecule has 2 rings (SSSR count). The SMILES string of the molecule is C[C@@H](NC(=O)CN[C@H](C)c1ccc(F)cc1F)c1ccc(Cl)cc1. The molecule has 2 aromatic carbocycles. The number of hydrogen-bond acceptors (Lipinski definition) is 2. The molecule has 2 atom stereocenters. The molecule has 1 amide bonds. The number of nitrogens with one attached hydrogen (secondary N) is 2. The largest absolute Gasteiger partial charge is 0.348 e. The maximum atomic E-state index is 13.7. The predicted molar refractivity (Wildman–Crippen MR) is 90.8 cm³/mol. The molecule has 128 valence electrons. The first-order valence-corrected chi connectivity index (χ1v) is 7.97. The number of benzene rings is 2. The van der Waals surface area contributed by atoms with Gasteiger partial charge >= 0.3 is 0 Å². The van der Waals surface area contributed by atoms with Gasteiger partial charge in [0, 0.05) is 22.7 Å². The third-order valence-electron chi connectivity index (χ3n) is 3.75. The monoisotopic (exact) mass is 352 g/mol. The van der Waals surface area contributed by atoms with Crippen LogP contribution in [0.4, 0.5) is 8.78 Å². The van der Waals surface area contributed by atoms with Crippen molar-refractivity contribution < 1.29 is 13.6 Å². The highest BCUT2D eigenvalue weighted by atomic mass is 35.5. The zero-order valence-corrected chi connectivity index (χ0v) is 14.2. The van der Waals surface area contributed by atoms with E-state index in [1.807, 2.05) is 19.1 Å². The number of rotatable bonds is 6. The van der Waals surface area contributed by atoms with Crippen LogP contribution < -0.4 is 10.6 Å². The Morgan fingerprint density at radius 1 is 1.08 bits per heavy atom. The van der Waals surface area contributed by atoms with Crippen molar-refractivity contribution in [2.45, 2.75) is 25.9 Å². The molecule has 0 saturated heterocycles. The average molecular weight is 353 g/mol. The van der Waals surface area contributed by atoms with E-state index in [1.54, 1.807) is 19.1 Å². The molecular formula is C18H19ClF2N2O. The van der Waals surface area contributed by atoms with Gasteiger partial charge in [0.2, 0.25) is 5.91 Å². The van der Waals surface area contributed by atoms with Crippen LogP contribution in [0.25, 0.3) is 0 Å². The van der Waals surface area contributed by atoms with Gasteiger partial charge in [-0.2, -0.15) is 0 Å². The number of amides is 1. The second kappa shape index (κ2) is 8.22. The molecule has 0 fully saturated rings. The Labute approximate surface area is 145 Å². The Kier molecular flexibility index (Phi) is 6.29. The van der Waals surface area contributed by atoms with Crippen LogP contribution in [0.5, 0.6) is 0 Å². The van der Waals surface area contributed by atoms with Gasteiger partial charge in [0.15, 0.2) is 0 Å². The lowest BCUT2D eigenvalue weighted by Gasteiger charge is -2.18. The van der Waals surface area contributed by atoms with Gasteiger partial charge in [-0.25, -0.2) is 8.78 Å². The van der Waals surface area contributed by atoms with Crippen molar-refractivity contribution >= 4 is 17.5 Å². The molecule has 24 heavy (non-hydrogen) atoms. The van der Waals surface area contributed by atoms with Crippen LogP contribution in [0.2, 0.25) is 5.02 Å². The summed E-state index contributed by atoms with van der Waals surface area (Å²) in [6.07, 6.45) is 0. The van der Waals surface area contributed by atoms with E-state index in [0.717, 1.165) is 11.6 Å². The molecule has 0 heterocycles. The summed E-state index contributed by atoms with van der Waals surface area (Å²) in [5, 5.41) is 6.41. The van der Waals surface area contributed by atoms with Crippen molar-refractivity contribution in [2.24, 2.45) is 0 Å². The standard InChI is InChI=1S/C18H19ClF2N2O/c1-11(13-3-5-14(19)6-4-13)23-18(24)10-22-12(2)16-8-7-15(20)9-17(16)21/h3-9,11-12,22H,10H2,1-2H3,(H,23,24)/t11-,12-/m1/s1. The first-order valence-electron chi connectivity index (χ1n) is 7.60. The molecule has 0 unspecified atom stereocenters. The highest BCUT2D eigenvalue weighted by Crippen LogP contribution is 2.18. The van der Waals surface area contributed by atoms with E-state index in [1.165, 1.54) is 12.1 Å². The summed E-state index contributed by atoms with van der Waals surface area (Å²) in [5.74, 6) is -1.48. The maximum Gasteiger partial charge on any atom is 0.234 e. The van der Waals surface area contributed by atoms with Crippen molar-refractivity contribution in [3.63, 3.8) is 0 Å². The smallest absolute Gasteiger partial charge is 0.234 e. The van der Waals surface area contributed by atoms with Crippen LogP contribution in [0.15, 0.2) is 42.5 Å². The first-order chi connectivity index (χ1) is 11.4. The Bertz CT molecular complexity index is 707. The topological polar surface area (TPSA) is 41.1 Å². The molecular weight excluding hydrogens is 334 g/mol. The molecule has 6 heteroatoms. The number of halogens is 3. The first kappa shape index (κ1) is 18.4. The predicted octanol–water partition coefficient (Wildman–Crippen LogP) is 4.15. The lowest BCUT2D eigenvalue weighted by molar-refractivity contribution is -0.121. The van der Waals surface area contributed by atoms with E-state index in [-0.39, 0.29) is 18.5 Å². The summed E-state index contributed by atoms with van der Waals surface area (Å²) in [6.45, 7) is 3.60.